The van der Waals surface area contributed by atoms with Crippen LogP contribution < -0.4 is 5.32 Å². The molecule has 0 aliphatic carbocycles. The Hall–Kier alpha value is -1.82. The first kappa shape index (κ1) is 15.2. The molecule has 0 amide bonds. The van der Waals surface area contributed by atoms with E-state index in [2.05, 4.69) is 5.32 Å². The summed E-state index contributed by atoms with van der Waals surface area (Å²) < 4.78 is 36.9. The molecule has 0 bridgehead atoms. The molecule has 104 valence electrons. The first-order valence-corrected chi connectivity index (χ1v) is 5.57. The summed E-state index contributed by atoms with van der Waals surface area (Å²) in [5.74, 6) is -0.990. The van der Waals surface area contributed by atoms with Crippen molar-refractivity contribution in [2.45, 2.75) is 19.6 Å². The van der Waals surface area contributed by atoms with E-state index in [0.717, 1.165) is 12.1 Å². The van der Waals surface area contributed by atoms with E-state index in [4.69, 9.17) is 5.11 Å². The van der Waals surface area contributed by atoms with Crippen LogP contribution in [0.5, 0.6) is 0 Å². The van der Waals surface area contributed by atoms with Crippen LogP contribution in [0.25, 0.3) is 0 Å². The summed E-state index contributed by atoms with van der Waals surface area (Å²) in [6.45, 7) is 2.20. The third kappa shape index (κ3) is 5.13. The lowest BCUT2D eigenvalue weighted by Gasteiger charge is -2.07. The van der Waals surface area contributed by atoms with Gasteiger partial charge >= 0.3 is 12.1 Å². The van der Waals surface area contributed by atoms with Gasteiger partial charge in [0, 0.05) is 18.7 Å². The fraction of sp³-hybridized carbons (Fsp3) is 0.308. The molecule has 0 radical (unpaired) electrons. The predicted molar refractivity (Wildman–Crippen MR) is 64.5 cm³/mol. The first-order valence-electron chi connectivity index (χ1n) is 5.57. The number of rotatable bonds is 5. The molecule has 0 saturated carbocycles. The Balaban J connectivity index is 2.47. The number of aliphatic carboxylic acids is 1. The molecule has 2 N–H and O–H groups in total. The summed E-state index contributed by atoms with van der Waals surface area (Å²) in [5, 5.41) is 11.5. The molecule has 1 aromatic rings. The molecule has 0 aliphatic rings. The smallest absolute Gasteiger partial charge is 0.416 e. The van der Waals surface area contributed by atoms with Crippen LogP contribution in [-0.2, 0) is 17.5 Å². The molecule has 0 aliphatic heterocycles. The van der Waals surface area contributed by atoms with Crippen molar-refractivity contribution in [3.05, 3.63) is 47.0 Å². The fourth-order valence-electron chi connectivity index (χ4n) is 1.34. The standard InChI is InChI=1S/C13H14F3NO2/c1-9(12(18)19)6-7-17-8-10-2-4-11(5-3-10)13(14,15)16/h2-6,17H,7-8H2,1H3,(H,18,19)/b9-6-. The minimum Gasteiger partial charge on any atom is -0.478 e. The molecule has 1 aromatic carbocycles. The molecule has 0 atom stereocenters. The molecule has 6 heteroatoms. The molecule has 0 spiro atoms. The second-order valence-electron chi connectivity index (χ2n) is 4.02. The van der Waals surface area contributed by atoms with Crippen LogP contribution in [0.3, 0.4) is 0 Å². The summed E-state index contributed by atoms with van der Waals surface area (Å²) in [6.07, 6.45) is -2.82. The molecule has 0 unspecified atom stereocenters. The number of alkyl halides is 3. The molecular formula is C13H14F3NO2. The van der Waals surface area contributed by atoms with Crippen molar-refractivity contribution in [1.29, 1.82) is 0 Å². The zero-order chi connectivity index (χ0) is 14.5. The Morgan fingerprint density at radius 3 is 2.37 bits per heavy atom. The first-order chi connectivity index (χ1) is 8.80. The maximum atomic E-state index is 12.3. The van der Waals surface area contributed by atoms with Gasteiger partial charge in [0.05, 0.1) is 5.56 Å². The van der Waals surface area contributed by atoms with E-state index in [1.54, 1.807) is 0 Å². The van der Waals surface area contributed by atoms with Crippen molar-refractivity contribution < 1.29 is 23.1 Å². The molecule has 19 heavy (non-hydrogen) atoms. The molecule has 0 saturated heterocycles. The largest absolute Gasteiger partial charge is 0.478 e. The van der Waals surface area contributed by atoms with Crippen LogP contribution in [0.4, 0.5) is 13.2 Å². The van der Waals surface area contributed by atoms with E-state index in [1.165, 1.54) is 25.1 Å². The quantitative estimate of drug-likeness (QED) is 0.640. The maximum absolute atomic E-state index is 12.3. The monoisotopic (exact) mass is 273 g/mol. The van der Waals surface area contributed by atoms with Crippen molar-refractivity contribution in [3.8, 4) is 0 Å². The van der Waals surface area contributed by atoms with Crippen molar-refractivity contribution in [1.82, 2.24) is 5.32 Å². The van der Waals surface area contributed by atoms with Gasteiger partial charge in [-0.1, -0.05) is 18.2 Å². The lowest BCUT2D eigenvalue weighted by Crippen LogP contribution is -2.14. The SMILES string of the molecule is C/C(=C/CNCc1ccc(C(F)(F)F)cc1)C(=O)O. The van der Waals surface area contributed by atoms with Crippen molar-refractivity contribution in [2.24, 2.45) is 0 Å². The van der Waals surface area contributed by atoms with Crippen LogP contribution in [0.1, 0.15) is 18.1 Å². The Morgan fingerprint density at radius 2 is 1.89 bits per heavy atom. The van der Waals surface area contributed by atoms with Gasteiger partial charge in [-0.3, -0.25) is 0 Å². The zero-order valence-electron chi connectivity index (χ0n) is 10.3. The molecular weight excluding hydrogens is 259 g/mol. The average molecular weight is 273 g/mol. The van der Waals surface area contributed by atoms with Gasteiger partial charge in [-0.05, 0) is 24.6 Å². The topological polar surface area (TPSA) is 49.3 Å². The van der Waals surface area contributed by atoms with Gasteiger partial charge in [-0.15, -0.1) is 0 Å². The molecule has 0 aromatic heterocycles. The van der Waals surface area contributed by atoms with Crippen molar-refractivity contribution >= 4 is 5.97 Å². The van der Waals surface area contributed by atoms with E-state index in [0.29, 0.717) is 18.7 Å². The van der Waals surface area contributed by atoms with Crippen LogP contribution >= 0.6 is 0 Å². The van der Waals surface area contributed by atoms with Gasteiger partial charge in [0.25, 0.3) is 0 Å². The van der Waals surface area contributed by atoms with Crippen LogP contribution in [0.2, 0.25) is 0 Å². The molecule has 0 heterocycles. The van der Waals surface area contributed by atoms with E-state index in [9.17, 15) is 18.0 Å². The van der Waals surface area contributed by atoms with E-state index in [-0.39, 0.29) is 5.57 Å². The number of halogens is 3. The highest BCUT2D eigenvalue weighted by Gasteiger charge is 2.29. The van der Waals surface area contributed by atoms with Crippen LogP contribution in [0, 0.1) is 0 Å². The third-order valence-electron chi connectivity index (χ3n) is 2.50. The predicted octanol–water partition coefficient (Wildman–Crippen LogP) is 2.83. The van der Waals surface area contributed by atoms with Gasteiger partial charge in [0.2, 0.25) is 0 Å². The summed E-state index contributed by atoms with van der Waals surface area (Å²) >= 11 is 0. The number of carboxylic acid groups (broad SMARTS) is 1. The summed E-state index contributed by atoms with van der Waals surface area (Å²) in [5.41, 5.74) is 0.243. The van der Waals surface area contributed by atoms with Crippen LogP contribution in [0.15, 0.2) is 35.9 Å². The van der Waals surface area contributed by atoms with E-state index in [1.807, 2.05) is 0 Å². The number of hydrogen-bond acceptors (Lipinski definition) is 2. The highest BCUT2D eigenvalue weighted by atomic mass is 19.4. The molecule has 0 fully saturated rings. The third-order valence-corrected chi connectivity index (χ3v) is 2.50. The average Bonchev–Trinajstić information content (AvgIpc) is 2.33. The number of hydrogen-bond donors (Lipinski definition) is 2. The number of carboxylic acids is 1. The Labute approximate surface area is 108 Å². The zero-order valence-corrected chi connectivity index (χ0v) is 10.3. The van der Waals surface area contributed by atoms with Gasteiger partial charge < -0.3 is 10.4 Å². The molecule has 3 nitrogen and oxygen atoms in total. The Kier molecular flexibility index (Phi) is 5.11. The van der Waals surface area contributed by atoms with Gasteiger partial charge in [0.15, 0.2) is 0 Å². The lowest BCUT2D eigenvalue weighted by atomic mass is 10.1. The van der Waals surface area contributed by atoms with Gasteiger partial charge in [-0.2, -0.15) is 13.2 Å². The maximum Gasteiger partial charge on any atom is 0.416 e. The second kappa shape index (κ2) is 6.38. The normalized spacial score (nSPS) is 12.5. The van der Waals surface area contributed by atoms with E-state index < -0.39 is 17.7 Å². The van der Waals surface area contributed by atoms with Crippen molar-refractivity contribution in [3.63, 3.8) is 0 Å². The summed E-state index contributed by atoms with van der Waals surface area (Å²) in [7, 11) is 0. The summed E-state index contributed by atoms with van der Waals surface area (Å²) in [4.78, 5) is 10.5. The minimum absolute atomic E-state index is 0.222. The minimum atomic E-state index is -4.33. The second-order valence-corrected chi connectivity index (χ2v) is 4.02. The van der Waals surface area contributed by atoms with E-state index >= 15 is 0 Å². The Morgan fingerprint density at radius 1 is 1.32 bits per heavy atom. The number of nitrogens with one attached hydrogen (secondary N) is 1. The van der Waals surface area contributed by atoms with Crippen LogP contribution in [-0.4, -0.2) is 17.6 Å². The lowest BCUT2D eigenvalue weighted by molar-refractivity contribution is -0.137. The number of benzene rings is 1. The highest BCUT2D eigenvalue weighted by molar-refractivity contribution is 5.85. The fourth-order valence-corrected chi connectivity index (χ4v) is 1.34. The Bertz CT molecular complexity index is 464. The highest BCUT2D eigenvalue weighted by Crippen LogP contribution is 2.28. The van der Waals surface area contributed by atoms with Gasteiger partial charge in [-0.25, -0.2) is 4.79 Å². The van der Waals surface area contributed by atoms with Crippen molar-refractivity contribution in [2.75, 3.05) is 6.54 Å². The molecule has 1 rings (SSSR count). The number of carbonyl (C=O) groups is 1. The summed E-state index contributed by atoms with van der Waals surface area (Å²) in [6, 6.07) is 4.83. The van der Waals surface area contributed by atoms with Gasteiger partial charge in [0.1, 0.15) is 0 Å².